The van der Waals surface area contributed by atoms with Gasteiger partial charge < -0.3 is 0 Å². The van der Waals surface area contributed by atoms with Gasteiger partial charge >= 0.3 is 0 Å². The van der Waals surface area contributed by atoms with E-state index >= 15 is 0 Å². The Kier molecular flexibility index (Phi) is 4.07. The number of hydrogen-bond donors (Lipinski definition) is 0. The molecular weight excluding hydrogens is 296 g/mol. The third kappa shape index (κ3) is 2.88. The lowest BCUT2D eigenvalue weighted by Crippen LogP contribution is -1.98. The molecule has 0 heterocycles. The van der Waals surface area contributed by atoms with Crippen molar-refractivity contribution in [2.75, 3.05) is 0 Å². The zero-order valence-corrected chi connectivity index (χ0v) is 11.4. The van der Waals surface area contributed by atoms with Crippen molar-refractivity contribution >= 4 is 23.2 Å². The Morgan fingerprint density at radius 1 is 0.947 bits per heavy atom. The lowest BCUT2D eigenvalue weighted by molar-refractivity contribution is 0.507. The van der Waals surface area contributed by atoms with Crippen molar-refractivity contribution in [1.29, 1.82) is 0 Å². The minimum atomic E-state index is -1.05. The Morgan fingerprint density at radius 3 is 2.21 bits per heavy atom. The standard InChI is InChI=1S/C14H9Cl2F3/c1-7-2-3-8(4-11(7)17)14(16)9-5-12(18)13(19)6-10(9)15/h2-6,14H,1H3. The second kappa shape index (κ2) is 5.43. The van der Waals surface area contributed by atoms with E-state index in [0.29, 0.717) is 11.1 Å². The van der Waals surface area contributed by atoms with Gasteiger partial charge in [0.25, 0.3) is 0 Å². The van der Waals surface area contributed by atoms with Crippen LogP contribution in [0.3, 0.4) is 0 Å². The van der Waals surface area contributed by atoms with Crippen molar-refractivity contribution in [1.82, 2.24) is 0 Å². The quantitative estimate of drug-likeness (QED) is 0.515. The molecule has 0 bridgehead atoms. The summed E-state index contributed by atoms with van der Waals surface area (Å²) < 4.78 is 39.7. The summed E-state index contributed by atoms with van der Waals surface area (Å²) in [6.07, 6.45) is 0. The van der Waals surface area contributed by atoms with Crippen LogP contribution in [0, 0.1) is 24.4 Å². The second-order valence-electron chi connectivity index (χ2n) is 4.16. The molecule has 5 heteroatoms. The van der Waals surface area contributed by atoms with Crippen molar-refractivity contribution in [3.05, 3.63) is 69.5 Å². The number of hydrogen-bond acceptors (Lipinski definition) is 0. The molecule has 1 unspecified atom stereocenters. The summed E-state index contributed by atoms with van der Waals surface area (Å²) >= 11 is 12.0. The number of benzene rings is 2. The van der Waals surface area contributed by atoms with Gasteiger partial charge in [0, 0.05) is 5.02 Å². The van der Waals surface area contributed by atoms with Crippen LogP contribution in [0.1, 0.15) is 22.1 Å². The Hall–Kier alpha value is -1.19. The van der Waals surface area contributed by atoms with Crippen LogP contribution in [-0.4, -0.2) is 0 Å². The van der Waals surface area contributed by atoms with Crippen LogP contribution < -0.4 is 0 Å². The fourth-order valence-corrected chi connectivity index (χ4v) is 2.31. The molecule has 0 saturated carbocycles. The zero-order chi connectivity index (χ0) is 14.2. The largest absolute Gasteiger partial charge is 0.207 e. The molecule has 0 spiro atoms. The molecule has 19 heavy (non-hydrogen) atoms. The maximum absolute atomic E-state index is 13.5. The minimum Gasteiger partial charge on any atom is -0.207 e. The van der Waals surface area contributed by atoms with E-state index in [9.17, 15) is 13.2 Å². The molecule has 2 rings (SSSR count). The molecular formula is C14H9Cl2F3. The smallest absolute Gasteiger partial charge is 0.160 e. The van der Waals surface area contributed by atoms with Crippen LogP contribution in [0.2, 0.25) is 5.02 Å². The predicted octanol–water partition coefficient (Wildman–Crippen LogP) is 5.39. The van der Waals surface area contributed by atoms with E-state index in [4.69, 9.17) is 23.2 Å². The van der Waals surface area contributed by atoms with Gasteiger partial charge in [0.05, 0.1) is 5.38 Å². The van der Waals surface area contributed by atoms with E-state index in [-0.39, 0.29) is 10.6 Å². The maximum Gasteiger partial charge on any atom is 0.160 e. The van der Waals surface area contributed by atoms with Crippen LogP contribution in [0.25, 0.3) is 0 Å². The van der Waals surface area contributed by atoms with E-state index < -0.39 is 22.8 Å². The highest BCUT2D eigenvalue weighted by Crippen LogP contribution is 2.35. The summed E-state index contributed by atoms with van der Waals surface area (Å²) in [4.78, 5) is 0. The van der Waals surface area contributed by atoms with Gasteiger partial charge in [0.1, 0.15) is 5.82 Å². The van der Waals surface area contributed by atoms with Gasteiger partial charge in [-0.1, -0.05) is 23.7 Å². The molecule has 2 aromatic carbocycles. The third-order valence-electron chi connectivity index (χ3n) is 2.80. The number of alkyl halides is 1. The average Bonchev–Trinajstić information content (AvgIpc) is 2.36. The molecule has 0 N–H and O–H groups in total. The van der Waals surface area contributed by atoms with Crippen molar-refractivity contribution in [2.24, 2.45) is 0 Å². The highest BCUT2D eigenvalue weighted by molar-refractivity contribution is 6.33. The van der Waals surface area contributed by atoms with Crippen LogP contribution in [0.4, 0.5) is 13.2 Å². The molecule has 0 aliphatic carbocycles. The molecule has 0 nitrogen and oxygen atoms in total. The molecule has 0 saturated heterocycles. The first kappa shape index (κ1) is 14.2. The summed E-state index contributed by atoms with van der Waals surface area (Å²) in [5, 5.41) is -0.849. The molecule has 0 amide bonds. The topological polar surface area (TPSA) is 0 Å². The Bertz CT molecular complexity index is 626. The maximum atomic E-state index is 13.5. The lowest BCUT2D eigenvalue weighted by atomic mass is 10.0. The van der Waals surface area contributed by atoms with Crippen molar-refractivity contribution in [3.8, 4) is 0 Å². The van der Waals surface area contributed by atoms with E-state index in [1.807, 2.05) is 0 Å². The molecule has 0 radical (unpaired) electrons. The Labute approximate surface area is 118 Å². The summed E-state index contributed by atoms with van der Waals surface area (Å²) in [6, 6.07) is 6.21. The van der Waals surface area contributed by atoms with Crippen molar-refractivity contribution in [3.63, 3.8) is 0 Å². The van der Waals surface area contributed by atoms with Crippen molar-refractivity contribution in [2.45, 2.75) is 12.3 Å². The fourth-order valence-electron chi connectivity index (χ4n) is 1.68. The van der Waals surface area contributed by atoms with Gasteiger partial charge in [-0.15, -0.1) is 11.6 Å². The van der Waals surface area contributed by atoms with Crippen molar-refractivity contribution < 1.29 is 13.2 Å². The van der Waals surface area contributed by atoms with E-state index in [0.717, 1.165) is 12.1 Å². The number of halogens is 5. The average molecular weight is 305 g/mol. The minimum absolute atomic E-state index is 0.000108. The third-order valence-corrected chi connectivity index (χ3v) is 3.62. The van der Waals surface area contributed by atoms with Crippen LogP contribution in [0.5, 0.6) is 0 Å². The molecule has 0 aliphatic heterocycles. The number of rotatable bonds is 2. The highest BCUT2D eigenvalue weighted by atomic mass is 35.5. The molecule has 0 aliphatic rings. The zero-order valence-electron chi connectivity index (χ0n) is 9.85. The van der Waals surface area contributed by atoms with Gasteiger partial charge in [0.15, 0.2) is 11.6 Å². The van der Waals surface area contributed by atoms with Crippen LogP contribution in [0.15, 0.2) is 30.3 Å². The summed E-state index contributed by atoms with van der Waals surface area (Å²) in [7, 11) is 0. The van der Waals surface area contributed by atoms with Gasteiger partial charge in [-0.05, 0) is 41.8 Å². The van der Waals surface area contributed by atoms with Gasteiger partial charge in [-0.2, -0.15) is 0 Å². The summed E-state index contributed by atoms with van der Waals surface area (Å²) in [5.41, 5.74) is 1.10. The monoisotopic (exact) mass is 304 g/mol. The van der Waals surface area contributed by atoms with E-state index in [1.165, 1.54) is 6.07 Å². The van der Waals surface area contributed by atoms with Gasteiger partial charge in [-0.25, -0.2) is 13.2 Å². The first-order valence-corrected chi connectivity index (χ1v) is 6.26. The second-order valence-corrected chi connectivity index (χ2v) is 5.00. The predicted molar refractivity (Wildman–Crippen MR) is 70.2 cm³/mol. The normalized spacial score (nSPS) is 12.5. The molecule has 0 fully saturated rings. The Morgan fingerprint density at radius 2 is 1.58 bits per heavy atom. The molecule has 0 aromatic heterocycles. The molecule has 2 aromatic rings. The first-order chi connectivity index (χ1) is 8.90. The van der Waals surface area contributed by atoms with Gasteiger partial charge in [0.2, 0.25) is 0 Å². The Balaban J connectivity index is 2.46. The van der Waals surface area contributed by atoms with Crippen LogP contribution >= 0.6 is 23.2 Å². The molecule has 1 atom stereocenters. The van der Waals surface area contributed by atoms with E-state index in [2.05, 4.69) is 0 Å². The summed E-state index contributed by atoms with van der Waals surface area (Å²) in [5.74, 6) is -2.51. The highest BCUT2D eigenvalue weighted by Gasteiger charge is 2.18. The lowest BCUT2D eigenvalue weighted by Gasteiger charge is -2.13. The van der Waals surface area contributed by atoms with Gasteiger partial charge in [-0.3, -0.25) is 0 Å². The van der Waals surface area contributed by atoms with E-state index in [1.54, 1.807) is 19.1 Å². The fraction of sp³-hybridized carbons (Fsp3) is 0.143. The van der Waals surface area contributed by atoms with Crippen LogP contribution in [-0.2, 0) is 0 Å². The number of aryl methyl sites for hydroxylation is 1. The first-order valence-electron chi connectivity index (χ1n) is 5.44. The SMILES string of the molecule is Cc1ccc(C(Cl)c2cc(F)c(F)cc2Cl)cc1F. The summed E-state index contributed by atoms with van der Waals surface area (Å²) in [6.45, 7) is 1.62. The molecule has 100 valence electrons.